The summed E-state index contributed by atoms with van der Waals surface area (Å²) in [5.74, 6) is 0. The van der Waals surface area contributed by atoms with Crippen LogP contribution in [0.4, 0.5) is 0 Å². The molecule has 0 radical (unpaired) electrons. The lowest BCUT2D eigenvalue weighted by atomic mass is 10.3. The molecule has 0 aliphatic rings. The van der Waals surface area contributed by atoms with Gasteiger partial charge in [-0.1, -0.05) is 0 Å². The Labute approximate surface area is 117 Å². The first-order valence-corrected chi connectivity index (χ1v) is 7.00. The van der Waals surface area contributed by atoms with Gasteiger partial charge in [-0.3, -0.25) is 4.98 Å². The molecule has 0 bridgehead atoms. The molecule has 2 aromatic heterocycles. The van der Waals surface area contributed by atoms with Crippen LogP contribution in [0.25, 0.3) is 5.65 Å². The largest absolute Gasteiger partial charge is 0.382 e. The minimum Gasteiger partial charge on any atom is -0.382 e. The maximum Gasteiger partial charge on any atom is 0.350 e. The van der Waals surface area contributed by atoms with Crippen molar-refractivity contribution >= 4 is 5.65 Å². The fraction of sp³-hybridized carbons (Fsp3) is 0.615. The van der Waals surface area contributed by atoms with Gasteiger partial charge in [-0.05, 0) is 26.3 Å². The minimum absolute atomic E-state index is 0.124. The van der Waals surface area contributed by atoms with Crippen LogP contribution in [0.15, 0.2) is 23.4 Å². The first kappa shape index (κ1) is 14.7. The fourth-order valence-electron chi connectivity index (χ4n) is 1.93. The van der Waals surface area contributed by atoms with Crippen LogP contribution in [0, 0.1) is 0 Å². The molecule has 0 aliphatic carbocycles. The molecule has 0 saturated carbocycles. The van der Waals surface area contributed by atoms with E-state index in [2.05, 4.69) is 15.4 Å². The van der Waals surface area contributed by atoms with Gasteiger partial charge in [-0.2, -0.15) is 0 Å². The summed E-state index contributed by atoms with van der Waals surface area (Å²) in [6.07, 6.45) is 6.92. The van der Waals surface area contributed by atoms with Crippen molar-refractivity contribution in [1.82, 2.24) is 24.5 Å². The van der Waals surface area contributed by atoms with Gasteiger partial charge in [0.2, 0.25) is 0 Å². The van der Waals surface area contributed by atoms with Crippen molar-refractivity contribution in [3.8, 4) is 0 Å². The first-order valence-electron chi connectivity index (χ1n) is 7.00. The van der Waals surface area contributed by atoms with Crippen LogP contribution in [0.2, 0.25) is 0 Å². The first-order chi connectivity index (χ1) is 9.83. The lowest BCUT2D eigenvalue weighted by Gasteiger charge is -2.04. The van der Waals surface area contributed by atoms with Crippen LogP contribution < -0.4 is 11.0 Å². The molecule has 110 valence electrons. The Morgan fingerprint density at radius 1 is 1.35 bits per heavy atom. The van der Waals surface area contributed by atoms with Gasteiger partial charge < -0.3 is 10.1 Å². The van der Waals surface area contributed by atoms with Crippen molar-refractivity contribution in [1.29, 1.82) is 0 Å². The zero-order valence-electron chi connectivity index (χ0n) is 11.8. The number of rotatable bonds is 9. The van der Waals surface area contributed by atoms with E-state index in [1.807, 2.05) is 6.92 Å². The topological polar surface area (TPSA) is 73.4 Å². The zero-order chi connectivity index (χ0) is 14.2. The molecule has 0 saturated heterocycles. The van der Waals surface area contributed by atoms with E-state index in [-0.39, 0.29) is 5.69 Å². The highest BCUT2D eigenvalue weighted by molar-refractivity contribution is 5.31. The van der Waals surface area contributed by atoms with Gasteiger partial charge in [0.15, 0.2) is 5.65 Å². The Kier molecular flexibility index (Phi) is 5.69. The number of nitrogens with zero attached hydrogens (tertiary/aromatic N) is 4. The predicted molar refractivity (Wildman–Crippen MR) is 75.8 cm³/mol. The van der Waals surface area contributed by atoms with E-state index in [4.69, 9.17) is 4.74 Å². The Hall–Kier alpha value is -1.73. The van der Waals surface area contributed by atoms with Crippen LogP contribution in [0.1, 0.15) is 19.8 Å². The number of hydrogen-bond donors (Lipinski definition) is 1. The summed E-state index contributed by atoms with van der Waals surface area (Å²) in [6, 6.07) is 0. The van der Waals surface area contributed by atoms with Gasteiger partial charge >= 0.3 is 5.69 Å². The van der Waals surface area contributed by atoms with Crippen molar-refractivity contribution in [2.24, 2.45) is 0 Å². The average molecular weight is 279 g/mol. The highest BCUT2D eigenvalue weighted by atomic mass is 16.5. The van der Waals surface area contributed by atoms with Crippen LogP contribution in [-0.4, -0.2) is 45.5 Å². The van der Waals surface area contributed by atoms with Gasteiger partial charge in [0.05, 0.1) is 12.7 Å². The van der Waals surface area contributed by atoms with E-state index in [0.29, 0.717) is 12.2 Å². The molecule has 20 heavy (non-hydrogen) atoms. The standard InChI is InChI=1S/C13H21N5O2/c1-2-20-10-4-3-5-14-7-9-18-13(19)17-8-6-15-11-12(17)16-18/h6,8,11,14H,2-5,7,9-10H2,1H3. The number of aromatic nitrogens is 4. The quantitative estimate of drug-likeness (QED) is 0.668. The molecule has 2 heterocycles. The van der Waals surface area contributed by atoms with Crippen molar-refractivity contribution in [3.63, 3.8) is 0 Å². The van der Waals surface area contributed by atoms with E-state index in [1.165, 1.54) is 9.08 Å². The molecule has 1 N–H and O–H groups in total. The minimum atomic E-state index is -0.124. The lowest BCUT2D eigenvalue weighted by molar-refractivity contribution is 0.143. The molecule has 2 aromatic rings. The summed E-state index contributed by atoms with van der Waals surface area (Å²) in [6.45, 7) is 5.81. The monoisotopic (exact) mass is 279 g/mol. The molecule has 0 aromatic carbocycles. The highest BCUT2D eigenvalue weighted by Gasteiger charge is 2.05. The summed E-state index contributed by atoms with van der Waals surface area (Å²) in [4.78, 5) is 15.9. The molecule has 0 aliphatic heterocycles. The summed E-state index contributed by atoms with van der Waals surface area (Å²) >= 11 is 0. The SMILES string of the molecule is CCOCCCCNCCn1nc2cnccn2c1=O. The number of ether oxygens (including phenoxy) is 1. The molecule has 0 unspecified atom stereocenters. The highest BCUT2D eigenvalue weighted by Crippen LogP contribution is 1.92. The van der Waals surface area contributed by atoms with Gasteiger partial charge in [0, 0.05) is 32.2 Å². The average Bonchev–Trinajstić information content (AvgIpc) is 2.79. The van der Waals surface area contributed by atoms with Gasteiger partial charge in [0.25, 0.3) is 0 Å². The molecule has 7 heteroatoms. The third kappa shape index (κ3) is 3.88. The number of fused-ring (bicyclic) bond motifs is 1. The second kappa shape index (κ2) is 7.76. The Morgan fingerprint density at radius 2 is 2.25 bits per heavy atom. The fourth-order valence-corrected chi connectivity index (χ4v) is 1.93. The third-order valence-corrected chi connectivity index (χ3v) is 2.99. The maximum absolute atomic E-state index is 12.0. The van der Waals surface area contributed by atoms with E-state index in [9.17, 15) is 4.79 Å². The smallest absolute Gasteiger partial charge is 0.350 e. The molecule has 0 spiro atoms. The molecule has 0 atom stereocenters. The Morgan fingerprint density at radius 3 is 3.05 bits per heavy atom. The Balaban J connectivity index is 1.71. The number of nitrogens with one attached hydrogen (secondary N) is 1. The second-order valence-corrected chi connectivity index (χ2v) is 4.46. The van der Waals surface area contributed by atoms with Crippen LogP contribution >= 0.6 is 0 Å². The molecule has 0 amide bonds. The van der Waals surface area contributed by atoms with E-state index < -0.39 is 0 Å². The van der Waals surface area contributed by atoms with Crippen LogP contribution in [0.5, 0.6) is 0 Å². The van der Waals surface area contributed by atoms with Gasteiger partial charge in [-0.15, -0.1) is 5.10 Å². The lowest BCUT2D eigenvalue weighted by Crippen LogP contribution is -2.28. The number of hydrogen-bond acceptors (Lipinski definition) is 5. The zero-order valence-corrected chi connectivity index (χ0v) is 11.8. The van der Waals surface area contributed by atoms with Gasteiger partial charge in [-0.25, -0.2) is 13.9 Å². The molecular formula is C13H21N5O2. The van der Waals surface area contributed by atoms with Crippen molar-refractivity contribution in [2.75, 3.05) is 26.3 Å². The number of unbranched alkanes of at least 4 members (excludes halogenated alkanes) is 1. The van der Waals surface area contributed by atoms with Crippen LogP contribution in [0.3, 0.4) is 0 Å². The van der Waals surface area contributed by atoms with E-state index in [0.717, 1.165) is 39.1 Å². The molecule has 0 fully saturated rings. The van der Waals surface area contributed by atoms with Crippen molar-refractivity contribution in [3.05, 3.63) is 29.1 Å². The second-order valence-electron chi connectivity index (χ2n) is 4.46. The summed E-state index contributed by atoms with van der Waals surface area (Å²) < 4.78 is 8.22. The summed E-state index contributed by atoms with van der Waals surface area (Å²) in [5, 5.41) is 7.52. The normalized spacial score (nSPS) is 11.2. The van der Waals surface area contributed by atoms with Gasteiger partial charge in [0.1, 0.15) is 0 Å². The Bertz CT molecular complexity index is 577. The molecule has 7 nitrogen and oxygen atoms in total. The van der Waals surface area contributed by atoms with Crippen LogP contribution in [-0.2, 0) is 11.3 Å². The third-order valence-electron chi connectivity index (χ3n) is 2.99. The molecule has 2 rings (SSSR count). The van der Waals surface area contributed by atoms with Crippen molar-refractivity contribution < 1.29 is 4.74 Å². The maximum atomic E-state index is 12.0. The summed E-state index contributed by atoms with van der Waals surface area (Å²) in [5.41, 5.74) is 0.453. The summed E-state index contributed by atoms with van der Waals surface area (Å²) in [7, 11) is 0. The van der Waals surface area contributed by atoms with Crippen molar-refractivity contribution in [2.45, 2.75) is 26.3 Å². The van der Waals surface area contributed by atoms with E-state index >= 15 is 0 Å². The van der Waals surface area contributed by atoms with E-state index in [1.54, 1.807) is 18.6 Å². The molecular weight excluding hydrogens is 258 g/mol. The predicted octanol–water partition coefficient (Wildman–Crippen LogP) is 0.297.